The van der Waals surface area contributed by atoms with Gasteiger partial charge in [0, 0.05) is 44.3 Å². The number of amides is 1. The number of hydrogen-bond acceptors (Lipinski definition) is 6. The van der Waals surface area contributed by atoms with Crippen LogP contribution in [0.4, 0.5) is 0 Å². The molecule has 2 fully saturated rings. The van der Waals surface area contributed by atoms with Crippen molar-refractivity contribution in [2.24, 2.45) is 0 Å². The zero-order valence-electron chi connectivity index (χ0n) is 20.6. The molecule has 0 aromatic heterocycles. The van der Waals surface area contributed by atoms with E-state index in [-0.39, 0.29) is 11.9 Å². The molecule has 9 nitrogen and oxygen atoms in total. The summed E-state index contributed by atoms with van der Waals surface area (Å²) in [6.45, 7) is 8.93. The molecular formula is C25H39N3O6. The molecule has 1 unspecified atom stereocenters. The van der Waals surface area contributed by atoms with E-state index in [1.54, 1.807) is 7.11 Å². The first-order valence-electron chi connectivity index (χ1n) is 12.1. The smallest absolute Gasteiger partial charge is 0.414 e. The largest absolute Gasteiger partial charge is 0.496 e. The van der Waals surface area contributed by atoms with Gasteiger partial charge in [0.1, 0.15) is 5.75 Å². The number of hydrogen-bond donors (Lipinski definition) is 3. The first-order chi connectivity index (χ1) is 16.2. The van der Waals surface area contributed by atoms with Crippen molar-refractivity contribution in [3.05, 3.63) is 29.3 Å². The lowest BCUT2D eigenvalue weighted by Crippen LogP contribution is -2.54. The summed E-state index contributed by atoms with van der Waals surface area (Å²) >= 11 is 0. The molecular weight excluding hydrogens is 438 g/mol. The molecule has 0 spiro atoms. The number of carbonyl (C=O) groups excluding carboxylic acids is 1. The number of carboxylic acids is 2. The molecule has 3 N–H and O–H groups in total. The van der Waals surface area contributed by atoms with Crippen molar-refractivity contribution in [2.75, 3.05) is 33.3 Å². The topological polar surface area (TPSA) is 119 Å². The van der Waals surface area contributed by atoms with Gasteiger partial charge in [-0.2, -0.15) is 0 Å². The van der Waals surface area contributed by atoms with E-state index >= 15 is 0 Å². The Kier molecular flexibility index (Phi) is 11.3. The molecule has 0 radical (unpaired) electrons. The number of carbonyl (C=O) groups is 3. The second-order valence-corrected chi connectivity index (χ2v) is 9.11. The minimum atomic E-state index is -1.82. The van der Waals surface area contributed by atoms with Crippen LogP contribution in [0.15, 0.2) is 18.2 Å². The number of aryl methyl sites for hydroxylation is 1. The van der Waals surface area contributed by atoms with Crippen LogP contribution in [-0.4, -0.2) is 83.2 Å². The van der Waals surface area contributed by atoms with Crippen LogP contribution in [-0.2, 0) is 20.9 Å². The number of carboxylic acid groups (broad SMARTS) is 2. The van der Waals surface area contributed by atoms with Gasteiger partial charge in [0.05, 0.1) is 13.2 Å². The average molecular weight is 478 g/mol. The predicted octanol–water partition coefficient (Wildman–Crippen LogP) is 2.50. The van der Waals surface area contributed by atoms with E-state index in [0.29, 0.717) is 6.04 Å². The third-order valence-electron chi connectivity index (χ3n) is 6.55. The van der Waals surface area contributed by atoms with Gasteiger partial charge in [-0.25, -0.2) is 9.59 Å². The van der Waals surface area contributed by atoms with Gasteiger partial charge >= 0.3 is 11.9 Å². The number of rotatable bonds is 6. The maximum Gasteiger partial charge on any atom is 0.414 e. The molecule has 1 saturated carbocycles. The summed E-state index contributed by atoms with van der Waals surface area (Å²) in [5.74, 6) is -2.48. The molecule has 2 aliphatic rings. The number of piperazine rings is 1. The van der Waals surface area contributed by atoms with Crippen LogP contribution in [0.5, 0.6) is 5.75 Å². The minimum absolute atomic E-state index is 0.0427. The average Bonchev–Trinajstić information content (AvgIpc) is 3.08. The summed E-state index contributed by atoms with van der Waals surface area (Å²) in [6.07, 6.45) is 7.42. The number of aliphatic carboxylic acids is 2. The summed E-state index contributed by atoms with van der Waals surface area (Å²) in [7, 11) is 1.74. The van der Waals surface area contributed by atoms with Crippen LogP contribution in [0, 0.1) is 6.92 Å². The molecule has 1 aromatic carbocycles. The van der Waals surface area contributed by atoms with Gasteiger partial charge in [-0.1, -0.05) is 43.4 Å². The third kappa shape index (κ3) is 8.95. The molecule has 1 atom stereocenters. The van der Waals surface area contributed by atoms with Crippen LogP contribution in [0.25, 0.3) is 0 Å². The summed E-state index contributed by atoms with van der Waals surface area (Å²) < 4.78 is 5.52. The van der Waals surface area contributed by atoms with Crippen molar-refractivity contribution in [1.29, 1.82) is 0 Å². The minimum Gasteiger partial charge on any atom is -0.496 e. The molecule has 1 aliphatic carbocycles. The van der Waals surface area contributed by atoms with E-state index in [1.165, 1.54) is 36.8 Å². The van der Waals surface area contributed by atoms with Crippen molar-refractivity contribution >= 4 is 17.8 Å². The highest BCUT2D eigenvalue weighted by Gasteiger charge is 2.27. The van der Waals surface area contributed by atoms with Gasteiger partial charge in [-0.05, 0) is 32.8 Å². The molecule has 1 saturated heterocycles. The lowest BCUT2D eigenvalue weighted by molar-refractivity contribution is -0.159. The van der Waals surface area contributed by atoms with Crippen molar-refractivity contribution in [1.82, 2.24) is 15.1 Å². The Labute approximate surface area is 202 Å². The molecule has 1 amide bonds. The maximum atomic E-state index is 12.7. The summed E-state index contributed by atoms with van der Waals surface area (Å²) in [5.41, 5.74) is 2.51. The molecule has 34 heavy (non-hydrogen) atoms. The molecule has 9 heteroatoms. The van der Waals surface area contributed by atoms with Gasteiger partial charge in [0.15, 0.2) is 0 Å². The summed E-state index contributed by atoms with van der Waals surface area (Å²) in [5, 5.41) is 18.1. The highest BCUT2D eigenvalue weighted by atomic mass is 16.5. The lowest BCUT2D eigenvalue weighted by atomic mass is 10.1. The van der Waals surface area contributed by atoms with Crippen molar-refractivity contribution in [3.8, 4) is 5.75 Å². The number of nitrogens with zero attached hydrogens (tertiary/aromatic N) is 2. The fourth-order valence-electron chi connectivity index (χ4n) is 4.49. The van der Waals surface area contributed by atoms with Gasteiger partial charge in [-0.3, -0.25) is 14.6 Å². The fourth-order valence-corrected chi connectivity index (χ4v) is 4.49. The SMILES string of the molecule is COc1ccc(C)cc1CN1CCN(C(C)C(=O)NC2CCCCCC2)CC1.O=C(O)C(=O)O. The number of nitrogens with one attached hydrogen (secondary N) is 1. The van der Waals surface area contributed by atoms with E-state index < -0.39 is 11.9 Å². The number of ether oxygens (including phenoxy) is 1. The molecule has 190 valence electrons. The van der Waals surface area contributed by atoms with Crippen LogP contribution < -0.4 is 10.1 Å². The molecule has 1 aromatic rings. The zero-order valence-corrected chi connectivity index (χ0v) is 20.6. The van der Waals surface area contributed by atoms with E-state index in [9.17, 15) is 4.79 Å². The summed E-state index contributed by atoms with van der Waals surface area (Å²) in [6, 6.07) is 6.70. The van der Waals surface area contributed by atoms with E-state index in [0.717, 1.165) is 51.3 Å². The quantitative estimate of drug-likeness (QED) is 0.422. The van der Waals surface area contributed by atoms with Crippen LogP contribution in [0.1, 0.15) is 56.6 Å². The van der Waals surface area contributed by atoms with Crippen molar-refractivity contribution < 1.29 is 29.3 Å². The Bertz CT molecular complexity index is 803. The fraction of sp³-hybridized carbons (Fsp3) is 0.640. The second kappa shape index (κ2) is 13.9. The van der Waals surface area contributed by atoms with Crippen LogP contribution in [0.3, 0.4) is 0 Å². The van der Waals surface area contributed by atoms with Crippen LogP contribution in [0.2, 0.25) is 0 Å². The Morgan fingerprint density at radius 1 is 1.03 bits per heavy atom. The van der Waals surface area contributed by atoms with Gasteiger partial charge < -0.3 is 20.3 Å². The number of benzene rings is 1. The highest BCUT2D eigenvalue weighted by Crippen LogP contribution is 2.22. The Morgan fingerprint density at radius 3 is 2.15 bits per heavy atom. The maximum absolute atomic E-state index is 12.7. The Hall–Kier alpha value is -2.65. The van der Waals surface area contributed by atoms with Crippen LogP contribution >= 0.6 is 0 Å². The van der Waals surface area contributed by atoms with Gasteiger partial charge in [0.25, 0.3) is 0 Å². The molecule has 1 heterocycles. The van der Waals surface area contributed by atoms with E-state index in [2.05, 4.69) is 47.2 Å². The van der Waals surface area contributed by atoms with Gasteiger partial charge in [-0.15, -0.1) is 0 Å². The van der Waals surface area contributed by atoms with Gasteiger partial charge in [0.2, 0.25) is 5.91 Å². The first kappa shape index (κ1) is 27.6. The molecule has 0 bridgehead atoms. The Balaban J connectivity index is 0.000000604. The highest BCUT2D eigenvalue weighted by molar-refractivity contribution is 6.27. The second-order valence-electron chi connectivity index (χ2n) is 9.11. The molecule has 3 rings (SSSR count). The number of methoxy groups -OCH3 is 1. The summed E-state index contributed by atoms with van der Waals surface area (Å²) in [4.78, 5) is 35.7. The monoisotopic (exact) mass is 477 g/mol. The third-order valence-corrected chi connectivity index (χ3v) is 6.55. The van der Waals surface area contributed by atoms with Crippen molar-refractivity contribution in [2.45, 2.75) is 71.0 Å². The van der Waals surface area contributed by atoms with E-state index in [4.69, 9.17) is 24.5 Å². The van der Waals surface area contributed by atoms with Crippen molar-refractivity contribution in [3.63, 3.8) is 0 Å². The zero-order chi connectivity index (χ0) is 25.1. The normalized spacial score (nSPS) is 18.7. The standard InChI is InChI=1S/C23H37N3O2.C2H2O4/c1-18-10-11-22(28-3)20(16-18)17-25-12-14-26(15-13-25)19(2)23(27)24-21-8-6-4-5-7-9-21;3-1(4)2(5)6/h10-11,16,19,21H,4-9,12-15,17H2,1-3H3,(H,24,27);(H,3,4)(H,5,6). The predicted molar refractivity (Wildman–Crippen MR) is 129 cm³/mol. The first-order valence-corrected chi connectivity index (χ1v) is 12.1. The Morgan fingerprint density at radius 2 is 1.62 bits per heavy atom. The lowest BCUT2D eigenvalue weighted by Gasteiger charge is -2.38. The molecule has 1 aliphatic heterocycles. The van der Waals surface area contributed by atoms with E-state index in [1.807, 2.05) is 0 Å².